The van der Waals surface area contributed by atoms with Gasteiger partial charge < -0.3 is 4.90 Å². The van der Waals surface area contributed by atoms with Crippen LogP contribution >= 0.6 is 15.9 Å². The number of rotatable bonds is 4. The van der Waals surface area contributed by atoms with Gasteiger partial charge >= 0.3 is 0 Å². The zero-order valence-corrected chi connectivity index (χ0v) is 13.2. The fourth-order valence-electron chi connectivity index (χ4n) is 2.74. The first-order chi connectivity index (χ1) is 9.13. The van der Waals surface area contributed by atoms with Gasteiger partial charge in [-0.25, -0.2) is 14.4 Å². The van der Waals surface area contributed by atoms with E-state index in [9.17, 15) is 4.39 Å². The molecule has 2 atom stereocenters. The molecule has 0 radical (unpaired) electrons. The summed E-state index contributed by atoms with van der Waals surface area (Å²) in [5.41, 5.74) is 0.515. The Morgan fingerprint density at radius 3 is 2.95 bits per heavy atom. The smallest absolute Gasteiger partial charge is 0.187 e. The summed E-state index contributed by atoms with van der Waals surface area (Å²) in [5.74, 6) is 0.254. The highest BCUT2D eigenvalue weighted by molar-refractivity contribution is 9.09. The number of hydrogen-bond donors (Lipinski definition) is 0. The molecular weight excluding hydrogens is 309 g/mol. The van der Waals surface area contributed by atoms with E-state index in [2.05, 4.69) is 37.7 Å². The van der Waals surface area contributed by atoms with Crippen LogP contribution in [0.4, 0.5) is 10.2 Å². The molecule has 1 aromatic heterocycles. The van der Waals surface area contributed by atoms with E-state index in [1.807, 2.05) is 6.92 Å². The van der Waals surface area contributed by atoms with E-state index in [0.29, 0.717) is 28.8 Å². The Bertz CT molecular complexity index is 425. The van der Waals surface area contributed by atoms with Crippen molar-refractivity contribution >= 4 is 21.7 Å². The van der Waals surface area contributed by atoms with Crippen LogP contribution in [0.25, 0.3) is 0 Å². The molecule has 3 nitrogen and oxygen atoms in total. The molecule has 0 aromatic carbocycles. The highest BCUT2D eigenvalue weighted by atomic mass is 79.9. The van der Waals surface area contributed by atoms with Gasteiger partial charge in [-0.15, -0.1) is 0 Å². The van der Waals surface area contributed by atoms with Crippen LogP contribution < -0.4 is 4.90 Å². The molecule has 0 aliphatic carbocycles. The predicted molar refractivity (Wildman–Crippen MR) is 79.4 cm³/mol. The second-order valence-electron chi connectivity index (χ2n) is 5.17. The van der Waals surface area contributed by atoms with Gasteiger partial charge in [-0.2, -0.15) is 0 Å². The average Bonchev–Trinajstić information content (AvgIpc) is 2.39. The zero-order valence-electron chi connectivity index (χ0n) is 11.6. The SMILES string of the molecule is CCc1ncnc(N2CCCCC2CC(C)Br)c1F. The van der Waals surface area contributed by atoms with E-state index in [1.54, 1.807) is 0 Å². The summed E-state index contributed by atoms with van der Waals surface area (Å²) in [6.45, 7) is 4.95. The van der Waals surface area contributed by atoms with Crippen LogP contribution in [0.3, 0.4) is 0 Å². The predicted octanol–water partition coefficient (Wildman–Crippen LogP) is 3.71. The van der Waals surface area contributed by atoms with Crippen molar-refractivity contribution in [1.29, 1.82) is 0 Å². The molecule has 1 aliphatic rings. The summed E-state index contributed by atoms with van der Waals surface area (Å²) < 4.78 is 14.4. The summed E-state index contributed by atoms with van der Waals surface area (Å²) in [7, 11) is 0. The van der Waals surface area contributed by atoms with Gasteiger partial charge in [0.25, 0.3) is 0 Å². The maximum Gasteiger partial charge on any atom is 0.187 e. The molecule has 0 N–H and O–H groups in total. The van der Waals surface area contributed by atoms with E-state index < -0.39 is 0 Å². The third kappa shape index (κ3) is 3.44. The van der Waals surface area contributed by atoms with E-state index >= 15 is 0 Å². The number of aryl methyl sites for hydroxylation is 1. The second-order valence-corrected chi connectivity index (χ2v) is 6.73. The van der Waals surface area contributed by atoms with Crippen LogP contribution in [0.5, 0.6) is 0 Å². The van der Waals surface area contributed by atoms with Gasteiger partial charge in [-0.05, 0) is 32.1 Å². The molecule has 2 unspecified atom stereocenters. The number of aromatic nitrogens is 2. The molecule has 1 fully saturated rings. The first-order valence-electron chi connectivity index (χ1n) is 7.03. The fraction of sp³-hybridized carbons (Fsp3) is 0.714. The topological polar surface area (TPSA) is 29.0 Å². The van der Waals surface area contributed by atoms with Crippen molar-refractivity contribution in [2.75, 3.05) is 11.4 Å². The van der Waals surface area contributed by atoms with Crippen LogP contribution in [-0.4, -0.2) is 27.4 Å². The van der Waals surface area contributed by atoms with Crippen molar-refractivity contribution in [2.45, 2.75) is 56.8 Å². The van der Waals surface area contributed by atoms with Gasteiger partial charge in [0, 0.05) is 17.4 Å². The van der Waals surface area contributed by atoms with Crippen molar-refractivity contribution < 1.29 is 4.39 Å². The van der Waals surface area contributed by atoms with Crippen molar-refractivity contribution in [3.63, 3.8) is 0 Å². The Balaban J connectivity index is 2.26. The van der Waals surface area contributed by atoms with Crippen LogP contribution in [0.2, 0.25) is 0 Å². The third-order valence-electron chi connectivity index (χ3n) is 3.67. The molecule has 1 saturated heterocycles. The minimum atomic E-state index is -0.237. The number of hydrogen-bond acceptors (Lipinski definition) is 3. The van der Waals surface area contributed by atoms with Crippen molar-refractivity contribution in [1.82, 2.24) is 9.97 Å². The molecule has 2 heterocycles. The molecule has 2 rings (SSSR count). The summed E-state index contributed by atoms with van der Waals surface area (Å²) in [4.78, 5) is 10.8. The molecular formula is C14H21BrFN3. The van der Waals surface area contributed by atoms with Crippen LogP contribution in [0, 0.1) is 5.82 Å². The Hall–Kier alpha value is -0.710. The van der Waals surface area contributed by atoms with Gasteiger partial charge in [0.2, 0.25) is 0 Å². The van der Waals surface area contributed by atoms with Crippen molar-refractivity contribution in [3.8, 4) is 0 Å². The normalized spacial score (nSPS) is 21.5. The largest absolute Gasteiger partial charge is 0.351 e. The highest BCUT2D eigenvalue weighted by Gasteiger charge is 2.27. The lowest BCUT2D eigenvalue weighted by molar-refractivity contribution is 0.427. The fourth-order valence-corrected chi connectivity index (χ4v) is 3.17. The Morgan fingerprint density at radius 2 is 2.26 bits per heavy atom. The van der Waals surface area contributed by atoms with Gasteiger partial charge in [-0.3, -0.25) is 0 Å². The lowest BCUT2D eigenvalue weighted by Crippen LogP contribution is -2.42. The van der Waals surface area contributed by atoms with Crippen molar-refractivity contribution in [2.24, 2.45) is 0 Å². The quantitative estimate of drug-likeness (QED) is 0.788. The van der Waals surface area contributed by atoms with E-state index in [-0.39, 0.29) is 5.82 Å². The highest BCUT2D eigenvalue weighted by Crippen LogP contribution is 2.29. The number of anilines is 1. The number of nitrogens with zero attached hydrogens (tertiary/aromatic N) is 3. The standard InChI is InChI=1S/C14H21BrFN3/c1-3-12-13(16)14(18-9-17-12)19-7-5-4-6-11(19)8-10(2)15/h9-11H,3-8H2,1-2H3. The molecule has 106 valence electrons. The Labute approximate surface area is 122 Å². The van der Waals surface area contributed by atoms with Crippen LogP contribution in [-0.2, 0) is 6.42 Å². The third-order valence-corrected chi connectivity index (χ3v) is 4.05. The summed E-state index contributed by atoms with van der Waals surface area (Å²) >= 11 is 3.60. The zero-order chi connectivity index (χ0) is 13.8. The maximum atomic E-state index is 14.4. The second kappa shape index (κ2) is 6.64. The van der Waals surface area contributed by atoms with E-state index in [1.165, 1.54) is 12.7 Å². The molecule has 1 aliphatic heterocycles. The molecule has 0 spiro atoms. The summed E-state index contributed by atoms with van der Waals surface area (Å²) in [5, 5.41) is 0. The van der Waals surface area contributed by atoms with E-state index in [0.717, 1.165) is 25.8 Å². The Kier molecular flexibility index (Phi) is 5.13. The molecule has 0 bridgehead atoms. The number of alkyl halides is 1. The average molecular weight is 330 g/mol. The minimum Gasteiger partial charge on any atom is -0.351 e. The first kappa shape index (κ1) is 14.7. The molecule has 19 heavy (non-hydrogen) atoms. The molecule has 0 amide bonds. The molecule has 1 aromatic rings. The maximum absolute atomic E-state index is 14.4. The van der Waals surface area contributed by atoms with Crippen LogP contribution in [0.15, 0.2) is 6.33 Å². The van der Waals surface area contributed by atoms with Gasteiger partial charge in [0.15, 0.2) is 11.6 Å². The summed E-state index contributed by atoms with van der Waals surface area (Å²) in [6, 6.07) is 0.372. The monoisotopic (exact) mass is 329 g/mol. The van der Waals surface area contributed by atoms with E-state index in [4.69, 9.17) is 0 Å². The van der Waals surface area contributed by atoms with Gasteiger partial charge in [0.05, 0.1) is 5.69 Å². The summed E-state index contributed by atoms with van der Waals surface area (Å²) in [6.07, 6.45) is 6.55. The number of halogens is 2. The molecule has 5 heteroatoms. The first-order valence-corrected chi connectivity index (χ1v) is 7.95. The van der Waals surface area contributed by atoms with Gasteiger partial charge in [0.1, 0.15) is 6.33 Å². The van der Waals surface area contributed by atoms with Crippen LogP contribution in [0.1, 0.15) is 45.2 Å². The Morgan fingerprint density at radius 1 is 1.47 bits per heavy atom. The molecule has 0 saturated carbocycles. The lowest BCUT2D eigenvalue weighted by Gasteiger charge is -2.37. The van der Waals surface area contributed by atoms with Crippen molar-refractivity contribution in [3.05, 3.63) is 17.8 Å². The van der Waals surface area contributed by atoms with Gasteiger partial charge in [-0.1, -0.05) is 29.8 Å². The lowest BCUT2D eigenvalue weighted by atomic mass is 9.98. The minimum absolute atomic E-state index is 0.237. The number of piperidine rings is 1.